The monoisotopic (exact) mass is 288 g/mol. The molecule has 0 aliphatic carbocycles. The number of benzene rings is 1. The first-order valence-corrected chi connectivity index (χ1v) is 5.28. The van der Waals surface area contributed by atoms with Crippen LogP contribution >= 0.6 is 15.9 Å². The number of aliphatic carboxylic acids is 1. The van der Waals surface area contributed by atoms with Crippen molar-refractivity contribution in [1.82, 2.24) is 0 Å². The molecule has 86 valence electrons. The molecule has 0 heterocycles. The van der Waals surface area contributed by atoms with Crippen LogP contribution in [0.15, 0.2) is 34.3 Å². The lowest BCUT2D eigenvalue weighted by Gasteiger charge is -2.04. The van der Waals surface area contributed by atoms with Crippen molar-refractivity contribution in [2.75, 3.05) is 6.61 Å². The summed E-state index contributed by atoms with van der Waals surface area (Å²) in [6.07, 6.45) is 1.42. The Morgan fingerprint density at radius 1 is 1.62 bits per heavy atom. The predicted molar refractivity (Wildman–Crippen MR) is 61.0 cm³/mol. The van der Waals surface area contributed by atoms with Crippen molar-refractivity contribution in [2.24, 2.45) is 0 Å². The van der Waals surface area contributed by atoms with E-state index in [4.69, 9.17) is 9.84 Å². The molecule has 0 radical (unpaired) electrons. The van der Waals surface area contributed by atoms with Gasteiger partial charge in [-0.1, -0.05) is 0 Å². The first-order chi connectivity index (χ1) is 7.50. The lowest BCUT2D eigenvalue weighted by atomic mass is 10.3. The molecule has 3 nitrogen and oxygen atoms in total. The Morgan fingerprint density at radius 2 is 2.31 bits per heavy atom. The Balaban J connectivity index is 2.59. The molecule has 0 aliphatic rings. The number of hydrogen-bond acceptors (Lipinski definition) is 2. The van der Waals surface area contributed by atoms with Gasteiger partial charge in [-0.3, -0.25) is 0 Å². The van der Waals surface area contributed by atoms with Crippen LogP contribution in [0.25, 0.3) is 0 Å². The smallest absolute Gasteiger partial charge is 0.331 e. The number of carbonyl (C=O) groups is 1. The summed E-state index contributed by atoms with van der Waals surface area (Å²) >= 11 is 3.02. The topological polar surface area (TPSA) is 46.5 Å². The van der Waals surface area contributed by atoms with Gasteiger partial charge < -0.3 is 9.84 Å². The molecule has 0 aliphatic heterocycles. The van der Waals surface area contributed by atoms with Crippen LogP contribution in [0, 0.1) is 5.82 Å². The molecule has 0 amide bonds. The quantitative estimate of drug-likeness (QED) is 0.867. The summed E-state index contributed by atoms with van der Waals surface area (Å²) < 4.78 is 18.6. The second-order valence-corrected chi connectivity index (χ2v) is 3.93. The van der Waals surface area contributed by atoms with E-state index in [2.05, 4.69) is 15.9 Å². The van der Waals surface area contributed by atoms with Crippen LogP contribution in [0.3, 0.4) is 0 Å². The number of carboxylic acids is 1. The van der Waals surface area contributed by atoms with E-state index in [1.54, 1.807) is 6.07 Å². The second kappa shape index (κ2) is 5.65. The minimum Gasteiger partial charge on any atom is -0.489 e. The van der Waals surface area contributed by atoms with Gasteiger partial charge in [0.2, 0.25) is 0 Å². The van der Waals surface area contributed by atoms with Crippen molar-refractivity contribution in [3.05, 3.63) is 40.1 Å². The first-order valence-electron chi connectivity index (χ1n) is 4.48. The zero-order chi connectivity index (χ0) is 12.1. The molecule has 1 N–H and O–H groups in total. The summed E-state index contributed by atoms with van der Waals surface area (Å²) in [5.41, 5.74) is 0.192. The van der Waals surface area contributed by atoms with Crippen LogP contribution in [0.4, 0.5) is 4.39 Å². The van der Waals surface area contributed by atoms with Crippen molar-refractivity contribution in [1.29, 1.82) is 0 Å². The summed E-state index contributed by atoms with van der Waals surface area (Å²) in [6, 6.07) is 4.35. The van der Waals surface area contributed by atoms with Crippen LogP contribution in [0.5, 0.6) is 5.75 Å². The summed E-state index contributed by atoms with van der Waals surface area (Å²) in [5, 5.41) is 8.57. The molecule has 0 bridgehead atoms. The fourth-order valence-electron chi connectivity index (χ4n) is 0.917. The lowest BCUT2D eigenvalue weighted by molar-refractivity contribution is -0.132. The highest BCUT2D eigenvalue weighted by atomic mass is 79.9. The van der Waals surface area contributed by atoms with Crippen molar-refractivity contribution >= 4 is 21.9 Å². The molecule has 0 saturated heterocycles. The third-order valence-corrected chi connectivity index (χ3v) is 2.51. The second-order valence-electron chi connectivity index (χ2n) is 3.08. The van der Waals surface area contributed by atoms with E-state index in [9.17, 15) is 9.18 Å². The highest BCUT2D eigenvalue weighted by Crippen LogP contribution is 2.20. The van der Waals surface area contributed by atoms with Gasteiger partial charge in [-0.05, 0) is 41.1 Å². The highest BCUT2D eigenvalue weighted by Gasteiger charge is 2.02. The standard InChI is InChI=1S/C11H10BrFO3/c1-7(11(14)15)4-5-16-8-2-3-9(12)10(13)6-8/h2-4,6H,5H2,1H3,(H,14,15). The third kappa shape index (κ3) is 3.66. The molecule has 0 spiro atoms. The third-order valence-electron chi connectivity index (χ3n) is 1.87. The van der Waals surface area contributed by atoms with E-state index in [0.29, 0.717) is 10.2 Å². The fourth-order valence-corrected chi connectivity index (χ4v) is 1.16. The Morgan fingerprint density at radius 3 is 2.88 bits per heavy atom. The Bertz CT molecular complexity index is 429. The fraction of sp³-hybridized carbons (Fsp3) is 0.182. The van der Waals surface area contributed by atoms with Crippen LogP contribution in [0.1, 0.15) is 6.92 Å². The number of hydrogen-bond donors (Lipinski definition) is 1. The lowest BCUT2D eigenvalue weighted by Crippen LogP contribution is -2.00. The van der Waals surface area contributed by atoms with Crippen molar-refractivity contribution < 1.29 is 19.0 Å². The van der Waals surface area contributed by atoms with E-state index >= 15 is 0 Å². The SMILES string of the molecule is CC(=CCOc1ccc(Br)c(F)c1)C(=O)O. The molecule has 0 saturated carbocycles. The Hall–Kier alpha value is -1.36. The molecule has 0 fully saturated rings. The zero-order valence-corrected chi connectivity index (χ0v) is 10.1. The average Bonchev–Trinajstić information content (AvgIpc) is 2.23. The molecular weight excluding hydrogens is 279 g/mol. The van der Waals surface area contributed by atoms with Crippen LogP contribution < -0.4 is 4.74 Å². The number of ether oxygens (including phenoxy) is 1. The summed E-state index contributed by atoms with van der Waals surface area (Å²) in [7, 11) is 0. The molecule has 1 rings (SSSR count). The van der Waals surface area contributed by atoms with Crippen LogP contribution in [0.2, 0.25) is 0 Å². The molecule has 1 aromatic rings. The minimum atomic E-state index is -0.995. The molecule has 0 unspecified atom stereocenters. The van der Waals surface area contributed by atoms with E-state index in [1.165, 1.54) is 25.1 Å². The van der Waals surface area contributed by atoms with Crippen molar-refractivity contribution in [3.8, 4) is 5.75 Å². The van der Waals surface area contributed by atoms with Gasteiger partial charge in [-0.2, -0.15) is 0 Å². The van der Waals surface area contributed by atoms with Gasteiger partial charge in [-0.25, -0.2) is 9.18 Å². The molecule has 5 heteroatoms. The number of halogens is 2. The van der Waals surface area contributed by atoms with Crippen LogP contribution in [-0.2, 0) is 4.79 Å². The molecular formula is C11H10BrFO3. The van der Waals surface area contributed by atoms with Gasteiger partial charge in [0.1, 0.15) is 18.2 Å². The largest absolute Gasteiger partial charge is 0.489 e. The van der Waals surface area contributed by atoms with E-state index in [0.717, 1.165) is 0 Å². The predicted octanol–water partition coefficient (Wildman–Crippen LogP) is 3.00. The Labute approximate surface area is 101 Å². The average molecular weight is 289 g/mol. The molecule has 1 aromatic carbocycles. The highest BCUT2D eigenvalue weighted by molar-refractivity contribution is 9.10. The molecule has 0 atom stereocenters. The number of rotatable bonds is 4. The molecule has 16 heavy (non-hydrogen) atoms. The van der Waals surface area contributed by atoms with Gasteiger partial charge in [0.15, 0.2) is 0 Å². The van der Waals surface area contributed by atoms with E-state index in [1.807, 2.05) is 0 Å². The maximum absolute atomic E-state index is 13.1. The summed E-state index contributed by atoms with van der Waals surface area (Å²) in [4.78, 5) is 10.5. The van der Waals surface area contributed by atoms with E-state index < -0.39 is 11.8 Å². The Kier molecular flexibility index (Phi) is 4.49. The van der Waals surface area contributed by atoms with Gasteiger partial charge in [0, 0.05) is 11.6 Å². The van der Waals surface area contributed by atoms with Crippen molar-refractivity contribution in [3.63, 3.8) is 0 Å². The first kappa shape index (κ1) is 12.7. The van der Waals surface area contributed by atoms with Gasteiger partial charge in [-0.15, -0.1) is 0 Å². The van der Waals surface area contributed by atoms with Gasteiger partial charge in [0.25, 0.3) is 0 Å². The summed E-state index contributed by atoms with van der Waals surface area (Å²) in [5.74, 6) is -1.06. The van der Waals surface area contributed by atoms with Gasteiger partial charge in [0.05, 0.1) is 4.47 Å². The number of carboxylic acid groups (broad SMARTS) is 1. The normalized spacial score (nSPS) is 11.3. The summed E-state index contributed by atoms with van der Waals surface area (Å²) in [6.45, 7) is 1.56. The zero-order valence-electron chi connectivity index (χ0n) is 8.54. The molecule has 0 aromatic heterocycles. The van der Waals surface area contributed by atoms with Crippen molar-refractivity contribution in [2.45, 2.75) is 6.92 Å². The maximum atomic E-state index is 13.1. The maximum Gasteiger partial charge on any atom is 0.331 e. The van der Waals surface area contributed by atoms with Crippen LogP contribution in [-0.4, -0.2) is 17.7 Å². The van der Waals surface area contributed by atoms with E-state index in [-0.39, 0.29) is 12.2 Å². The minimum absolute atomic E-state index is 0.0964. The van der Waals surface area contributed by atoms with Gasteiger partial charge >= 0.3 is 5.97 Å².